The predicted molar refractivity (Wildman–Crippen MR) is 148 cm³/mol. The average molecular weight is 575 g/mol. The summed E-state index contributed by atoms with van der Waals surface area (Å²) in [5, 5.41) is 8.16. The van der Waals surface area contributed by atoms with Crippen molar-refractivity contribution in [1.82, 2.24) is 20.5 Å². The van der Waals surface area contributed by atoms with Gasteiger partial charge in [-0.1, -0.05) is 36.4 Å². The van der Waals surface area contributed by atoms with E-state index >= 15 is 0 Å². The number of nitrogens with zero attached hydrogens (tertiary/aromatic N) is 3. The standard InChI is InChI=1S/C26H33N5O2.HI/c1-27-26(29-14-12-22-6-3-5-21-7-4-13-28-25(21)22)30-19-24(31-15-17-33-18-16-31)20-8-10-23(32-2)11-9-20;/h3-11,13,24H,12,14-19H2,1-2H3,(H2,27,29,30);1H. The maximum atomic E-state index is 5.57. The zero-order valence-corrected chi connectivity index (χ0v) is 22.2. The van der Waals surface area contributed by atoms with E-state index in [4.69, 9.17) is 9.47 Å². The third kappa shape index (κ3) is 6.80. The van der Waals surface area contributed by atoms with E-state index in [2.05, 4.69) is 61.9 Å². The van der Waals surface area contributed by atoms with Gasteiger partial charge >= 0.3 is 0 Å². The first-order valence-corrected chi connectivity index (χ1v) is 11.5. The summed E-state index contributed by atoms with van der Waals surface area (Å²) >= 11 is 0. The smallest absolute Gasteiger partial charge is 0.191 e. The number of rotatable bonds is 8. The Labute approximate surface area is 219 Å². The number of aromatic nitrogens is 1. The molecule has 1 aromatic heterocycles. The lowest BCUT2D eigenvalue weighted by Crippen LogP contribution is -2.46. The molecule has 0 amide bonds. The highest BCUT2D eigenvalue weighted by atomic mass is 127. The molecule has 0 bridgehead atoms. The largest absolute Gasteiger partial charge is 0.497 e. The fraction of sp³-hybridized carbons (Fsp3) is 0.385. The maximum absolute atomic E-state index is 5.57. The molecule has 1 fully saturated rings. The Morgan fingerprint density at radius 2 is 1.85 bits per heavy atom. The van der Waals surface area contributed by atoms with E-state index in [-0.39, 0.29) is 30.0 Å². The lowest BCUT2D eigenvalue weighted by molar-refractivity contribution is 0.0170. The lowest BCUT2D eigenvalue weighted by Gasteiger charge is -2.35. The van der Waals surface area contributed by atoms with Gasteiger partial charge in [-0.05, 0) is 35.7 Å². The number of methoxy groups -OCH3 is 1. The summed E-state index contributed by atoms with van der Waals surface area (Å²) in [7, 11) is 3.51. The van der Waals surface area contributed by atoms with Gasteiger partial charge in [0.05, 0.1) is 31.9 Å². The predicted octanol–water partition coefficient (Wildman–Crippen LogP) is 3.64. The molecule has 182 valence electrons. The molecule has 34 heavy (non-hydrogen) atoms. The molecule has 2 heterocycles. The molecule has 1 aliphatic rings. The van der Waals surface area contributed by atoms with E-state index < -0.39 is 0 Å². The summed E-state index contributed by atoms with van der Waals surface area (Å²) in [6.45, 7) is 4.89. The first kappa shape index (κ1) is 26.2. The van der Waals surface area contributed by atoms with Crippen molar-refractivity contribution in [2.24, 2.45) is 4.99 Å². The molecule has 3 aromatic rings. The van der Waals surface area contributed by atoms with Gasteiger partial charge in [0.1, 0.15) is 5.75 Å². The summed E-state index contributed by atoms with van der Waals surface area (Å²) in [5.41, 5.74) is 3.56. The molecule has 0 radical (unpaired) electrons. The minimum absolute atomic E-state index is 0. The van der Waals surface area contributed by atoms with Gasteiger partial charge in [-0.3, -0.25) is 14.9 Å². The zero-order chi connectivity index (χ0) is 22.9. The summed E-state index contributed by atoms with van der Waals surface area (Å²) in [6.07, 6.45) is 2.73. The molecule has 0 saturated carbocycles. The molecule has 0 aliphatic carbocycles. The number of pyridine rings is 1. The molecular formula is C26H34IN5O2. The van der Waals surface area contributed by atoms with Crippen molar-refractivity contribution in [3.8, 4) is 5.75 Å². The summed E-state index contributed by atoms with van der Waals surface area (Å²) in [6, 6.07) is 19.0. The van der Waals surface area contributed by atoms with Gasteiger partial charge in [0, 0.05) is 44.8 Å². The highest BCUT2D eigenvalue weighted by Crippen LogP contribution is 2.23. The lowest BCUT2D eigenvalue weighted by atomic mass is 10.0. The molecule has 2 N–H and O–H groups in total. The molecule has 0 spiro atoms. The van der Waals surface area contributed by atoms with Gasteiger partial charge in [-0.2, -0.15) is 0 Å². The topological polar surface area (TPSA) is 71.0 Å². The van der Waals surface area contributed by atoms with Gasteiger partial charge in [-0.25, -0.2) is 0 Å². The van der Waals surface area contributed by atoms with Crippen LogP contribution in [0.4, 0.5) is 0 Å². The van der Waals surface area contributed by atoms with Crippen LogP contribution < -0.4 is 15.4 Å². The van der Waals surface area contributed by atoms with Crippen LogP contribution in [-0.4, -0.2) is 69.4 Å². The number of halogens is 1. The second-order valence-electron chi connectivity index (χ2n) is 8.06. The number of benzene rings is 2. The van der Waals surface area contributed by atoms with Gasteiger partial charge in [0.2, 0.25) is 0 Å². The van der Waals surface area contributed by atoms with Crippen LogP contribution in [0.2, 0.25) is 0 Å². The number of hydrogen-bond acceptors (Lipinski definition) is 5. The second-order valence-corrected chi connectivity index (χ2v) is 8.06. The Morgan fingerprint density at radius 3 is 2.59 bits per heavy atom. The van der Waals surface area contributed by atoms with Crippen molar-refractivity contribution in [1.29, 1.82) is 0 Å². The average Bonchev–Trinajstić information content (AvgIpc) is 2.89. The number of morpholine rings is 1. The van der Waals surface area contributed by atoms with Gasteiger partial charge in [-0.15, -0.1) is 24.0 Å². The van der Waals surface area contributed by atoms with Gasteiger partial charge in [0.25, 0.3) is 0 Å². The van der Waals surface area contributed by atoms with Crippen LogP contribution >= 0.6 is 24.0 Å². The summed E-state index contributed by atoms with van der Waals surface area (Å²) in [4.78, 5) is 11.5. The fourth-order valence-electron chi connectivity index (χ4n) is 4.27. The van der Waals surface area contributed by atoms with Crippen LogP contribution in [0.25, 0.3) is 10.9 Å². The third-order valence-corrected chi connectivity index (χ3v) is 6.08. The van der Waals surface area contributed by atoms with Crippen LogP contribution in [0.15, 0.2) is 65.8 Å². The SMILES string of the molecule is CN=C(NCCc1cccc2cccnc12)NCC(c1ccc(OC)cc1)N1CCOCC1.I. The number of hydrogen-bond donors (Lipinski definition) is 2. The Balaban J connectivity index is 0.00000324. The molecule has 1 unspecified atom stereocenters. The van der Waals surface area contributed by atoms with Crippen LogP contribution in [-0.2, 0) is 11.2 Å². The number of guanidine groups is 1. The monoisotopic (exact) mass is 575 g/mol. The van der Waals surface area contributed by atoms with Crippen LogP contribution in [0.5, 0.6) is 5.75 Å². The Morgan fingerprint density at radius 1 is 1.09 bits per heavy atom. The van der Waals surface area contributed by atoms with E-state index in [0.29, 0.717) is 0 Å². The molecule has 1 atom stereocenters. The minimum Gasteiger partial charge on any atom is -0.497 e. The van der Waals surface area contributed by atoms with Crippen molar-refractivity contribution >= 4 is 40.8 Å². The highest BCUT2D eigenvalue weighted by Gasteiger charge is 2.23. The summed E-state index contributed by atoms with van der Waals surface area (Å²) < 4.78 is 10.9. The van der Waals surface area contributed by atoms with Crippen molar-refractivity contribution in [2.45, 2.75) is 12.5 Å². The number of fused-ring (bicyclic) bond motifs is 1. The van der Waals surface area contributed by atoms with Crippen LogP contribution in [0.3, 0.4) is 0 Å². The van der Waals surface area contributed by atoms with Crippen molar-refractivity contribution < 1.29 is 9.47 Å². The Kier molecular flexibility index (Phi) is 10.4. The van der Waals surface area contributed by atoms with E-state index in [1.54, 1.807) is 7.11 Å². The molecule has 7 nitrogen and oxygen atoms in total. The van der Waals surface area contributed by atoms with Crippen molar-refractivity contribution in [3.63, 3.8) is 0 Å². The second kappa shape index (κ2) is 13.5. The number of nitrogens with one attached hydrogen (secondary N) is 2. The number of ether oxygens (including phenoxy) is 2. The van der Waals surface area contributed by atoms with Gasteiger partial charge in [0.15, 0.2) is 5.96 Å². The third-order valence-electron chi connectivity index (χ3n) is 6.08. The Bertz CT molecular complexity index is 1050. The fourth-order valence-corrected chi connectivity index (χ4v) is 4.27. The minimum atomic E-state index is 0. The first-order chi connectivity index (χ1) is 16.3. The van der Waals surface area contributed by atoms with E-state index in [1.165, 1.54) is 16.5 Å². The van der Waals surface area contributed by atoms with Crippen LogP contribution in [0, 0.1) is 0 Å². The molecule has 4 rings (SSSR count). The first-order valence-electron chi connectivity index (χ1n) is 11.5. The normalized spacial score (nSPS) is 15.4. The van der Waals surface area contributed by atoms with E-state index in [9.17, 15) is 0 Å². The molecule has 1 aliphatic heterocycles. The molecular weight excluding hydrogens is 541 g/mol. The molecule has 2 aromatic carbocycles. The van der Waals surface area contributed by atoms with Crippen molar-refractivity contribution in [2.75, 3.05) is 53.6 Å². The zero-order valence-electron chi connectivity index (χ0n) is 19.9. The molecule has 8 heteroatoms. The maximum Gasteiger partial charge on any atom is 0.191 e. The molecule has 1 saturated heterocycles. The Hall–Kier alpha value is -2.43. The van der Waals surface area contributed by atoms with Crippen molar-refractivity contribution in [3.05, 3.63) is 71.9 Å². The summed E-state index contributed by atoms with van der Waals surface area (Å²) in [5.74, 6) is 1.67. The van der Waals surface area contributed by atoms with Gasteiger partial charge < -0.3 is 20.1 Å². The number of para-hydroxylation sites is 1. The van der Waals surface area contributed by atoms with E-state index in [1.807, 2.05) is 31.4 Å². The number of aliphatic imine (C=N–C) groups is 1. The highest BCUT2D eigenvalue weighted by molar-refractivity contribution is 14.0. The van der Waals surface area contributed by atoms with Crippen LogP contribution in [0.1, 0.15) is 17.2 Å². The quantitative estimate of drug-likeness (QED) is 0.243. The van der Waals surface area contributed by atoms with E-state index in [0.717, 1.165) is 63.0 Å².